The van der Waals surface area contributed by atoms with E-state index in [1.54, 1.807) is 0 Å². The van der Waals surface area contributed by atoms with Crippen LogP contribution >= 0.6 is 7.82 Å². The third kappa shape index (κ3) is 33.1. The molecular formula is C37H62NO7P. The molecule has 0 saturated carbocycles. The minimum absolute atomic E-state index is 0.0605. The average Bonchev–Trinajstić information content (AvgIpc) is 3.04. The zero-order valence-corrected chi connectivity index (χ0v) is 29.4. The number of rotatable bonds is 31. The van der Waals surface area contributed by atoms with Gasteiger partial charge >= 0.3 is 13.8 Å². The van der Waals surface area contributed by atoms with Gasteiger partial charge in [-0.15, -0.1) is 0 Å². The van der Waals surface area contributed by atoms with E-state index in [4.69, 9.17) is 24.3 Å². The Balaban J connectivity index is 4.32. The number of unbranched alkanes of at least 4 members (excludes halogenated alkanes) is 4. The number of hydrogen-bond donors (Lipinski definition) is 2. The van der Waals surface area contributed by atoms with Crippen LogP contribution in [0, 0.1) is 0 Å². The molecule has 0 radical (unpaired) electrons. The molecule has 0 aromatic heterocycles. The number of ether oxygens (including phenoxy) is 2. The predicted molar refractivity (Wildman–Crippen MR) is 191 cm³/mol. The van der Waals surface area contributed by atoms with Gasteiger partial charge in [0.05, 0.1) is 19.8 Å². The number of nitrogens with two attached hydrogens (primary N) is 1. The second-order valence-corrected chi connectivity index (χ2v) is 12.1. The molecule has 0 saturated heterocycles. The molecule has 0 aromatic carbocycles. The summed E-state index contributed by atoms with van der Waals surface area (Å²) in [6.07, 6.45) is 41.8. The van der Waals surface area contributed by atoms with Crippen molar-refractivity contribution in [3.05, 3.63) is 85.1 Å². The van der Waals surface area contributed by atoms with Gasteiger partial charge < -0.3 is 20.1 Å². The van der Waals surface area contributed by atoms with Gasteiger partial charge in [0.1, 0.15) is 6.10 Å². The second kappa shape index (κ2) is 34.0. The fourth-order valence-corrected chi connectivity index (χ4v) is 4.66. The Morgan fingerprint density at radius 2 is 1.15 bits per heavy atom. The number of esters is 1. The zero-order valence-electron chi connectivity index (χ0n) is 28.5. The van der Waals surface area contributed by atoms with E-state index in [-0.39, 0.29) is 38.8 Å². The van der Waals surface area contributed by atoms with Gasteiger partial charge in [-0.1, -0.05) is 105 Å². The lowest BCUT2D eigenvalue weighted by Gasteiger charge is -2.20. The lowest BCUT2D eigenvalue weighted by Crippen LogP contribution is -2.28. The number of phosphoric acid groups is 1. The molecule has 0 rings (SSSR count). The molecule has 0 aromatic rings. The molecule has 0 spiro atoms. The fourth-order valence-electron chi connectivity index (χ4n) is 3.89. The second-order valence-electron chi connectivity index (χ2n) is 10.6. The number of carbonyl (C=O) groups is 1. The predicted octanol–water partition coefficient (Wildman–Crippen LogP) is 9.40. The molecule has 2 unspecified atom stereocenters. The van der Waals surface area contributed by atoms with Crippen molar-refractivity contribution >= 4 is 13.8 Å². The van der Waals surface area contributed by atoms with E-state index in [9.17, 15) is 14.3 Å². The van der Waals surface area contributed by atoms with Crippen molar-refractivity contribution in [2.45, 2.75) is 110 Å². The van der Waals surface area contributed by atoms with Crippen molar-refractivity contribution in [1.29, 1.82) is 0 Å². The van der Waals surface area contributed by atoms with Crippen LogP contribution < -0.4 is 5.73 Å². The van der Waals surface area contributed by atoms with E-state index in [1.807, 2.05) is 0 Å². The van der Waals surface area contributed by atoms with Crippen molar-refractivity contribution in [2.24, 2.45) is 5.73 Å². The van der Waals surface area contributed by atoms with Crippen LogP contribution in [0.25, 0.3) is 0 Å². The van der Waals surface area contributed by atoms with Crippen molar-refractivity contribution in [2.75, 3.05) is 33.0 Å². The van der Waals surface area contributed by atoms with Crippen LogP contribution in [0.3, 0.4) is 0 Å². The number of hydrogen-bond acceptors (Lipinski definition) is 7. The summed E-state index contributed by atoms with van der Waals surface area (Å²) in [5.41, 5.74) is 5.33. The maximum atomic E-state index is 12.5. The topological polar surface area (TPSA) is 117 Å². The van der Waals surface area contributed by atoms with Gasteiger partial charge in [0.25, 0.3) is 0 Å². The van der Waals surface area contributed by atoms with Gasteiger partial charge in [-0.3, -0.25) is 13.8 Å². The average molecular weight is 664 g/mol. The number of allylic oxidation sites excluding steroid dienone is 14. The molecule has 262 valence electrons. The van der Waals surface area contributed by atoms with E-state index in [0.717, 1.165) is 77.0 Å². The lowest BCUT2D eigenvalue weighted by molar-refractivity contribution is -0.154. The highest BCUT2D eigenvalue weighted by molar-refractivity contribution is 7.47. The Morgan fingerprint density at radius 1 is 0.652 bits per heavy atom. The molecule has 0 aliphatic heterocycles. The molecule has 0 aliphatic rings. The van der Waals surface area contributed by atoms with Crippen LogP contribution in [0.1, 0.15) is 104 Å². The fraction of sp³-hybridized carbons (Fsp3) is 0.595. The quantitative estimate of drug-likeness (QED) is 0.0326. The first-order valence-electron chi connectivity index (χ1n) is 17.1. The molecule has 0 amide bonds. The Morgan fingerprint density at radius 3 is 1.67 bits per heavy atom. The molecular weight excluding hydrogens is 601 g/mol. The van der Waals surface area contributed by atoms with Gasteiger partial charge in [0.15, 0.2) is 0 Å². The lowest BCUT2D eigenvalue weighted by atomic mass is 10.1. The van der Waals surface area contributed by atoms with Gasteiger partial charge in [0, 0.05) is 19.6 Å². The highest BCUT2D eigenvalue weighted by Crippen LogP contribution is 2.43. The maximum absolute atomic E-state index is 12.5. The summed E-state index contributed by atoms with van der Waals surface area (Å²) in [6, 6.07) is 0. The molecule has 0 fully saturated rings. The van der Waals surface area contributed by atoms with Gasteiger partial charge in [-0.05, 0) is 77.0 Å². The molecule has 9 heteroatoms. The maximum Gasteiger partial charge on any atom is 0.472 e. The van der Waals surface area contributed by atoms with Crippen molar-refractivity contribution in [3.63, 3.8) is 0 Å². The van der Waals surface area contributed by atoms with Crippen LogP contribution in [-0.2, 0) is 27.9 Å². The van der Waals surface area contributed by atoms with Gasteiger partial charge in [-0.25, -0.2) is 4.57 Å². The summed E-state index contributed by atoms with van der Waals surface area (Å²) < 4.78 is 33.1. The van der Waals surface area contributed by atoms with Gasteiger partial charge in [0.2, 0.25) is 0 Å². The Kier molecular flexibility index (Phi) is 32.3. The zero-order chi connectivity index (χ0) is 33.8. The molecule has 8 nitrogen and oxygen atoms in total. The van der Waals surface area contributed by atoms with E-state index in [2.05, 4.69) is 98.9 Å². The first-order valence-corrected chi connectivity index (χ1v) is 18.6. The van der Waals surface area contributed by atoms with Crippen LogP contribution in [0.15, 0.2) is 85.1 Å². The monoisotopic (exact) mass is 663 g/mol. The summed E-state index contributed by atoms with van der Waals surface area (Å²) in [6.45, 7) is 4.44. The van der Waals surface area contributed by atoms with E-state index >= 15 is 0 Å². The standard InChI is InChI=1S/C37H62NO7P/c1-3-5-7-9-11-13-15-17-19-21-23-25-27-29-32-42-34-36(35-44-46(40,41)43-33-31-38)45-37(39)30-28-26-24-22-20-18-16-14-12-10-8-6-4-2/h5-8,11-14,17-20,23,25,36H,3-4,9-10,15-16,21-22,24,26-35,38H2,1-2H3,(H,40,41)/b7-5-,8-6-,13-11-,14-12-,19-17-,20-18-,25-23-. The number of phosphoric ester groups is 1. The summed E-state index contributed by atoms with van der Waals surface area (Å²) in [7, 11) is -4.29. The Hall–Kier alpha value is -2.32. The molecule has 3 N–H and O–H groups in total. The largest absolute Gasteiger partial charge is 0.472 e. The van der Waals surface area contributed by atoms with E-state index < -0.39 is 13.9 Å². The summed E-state index contributed by atoms with van der Waals surface area (Å²) in [5.74, 6) is -0.384. The summed E-state index contributed by atoms with van der Waals surface area (Å²) in [4.78, 5) is 22.3. The van der Waals surface area contributed by atoms with Crippen molar-refractivity contribution in [3.8, 4) is 0 Å². The van der Waals surface area contributed by atoms with Crippen LogP contribution in [0.4, 0.5) is 0 Å². The minimum Gasteiger partial charge on any atom is -0.457 e. The molecule has 46 heavy (non-hydrogen) atoms. The molecule has 0 aliphatic carbocycles. The number of carbonyl (C=O) groups excluding carboxylic acids is 1. The first-order chi connectivity index (χ1) is 22.4. The molecule has 0 bridgehead atoms. The van der Waals surface area contributed by atoms with Crippen molar-refractivity contribution < 1.29 is 32.8 Å². The van der Waals surface area contributed by atoms with Crippen LogP contribution in [0.2, 0.25) is 0 Å². The minimum atomic E-state index is -4.29. The van der Waals surface area contributed by atoms with Gasteiger partial charge in [-0.2, -0.15) is 0 Å². The van der Waals surface area contributed by atoms with Crippen LogP contribution in [-0.4, -0.2) is 49.9 Å². The van der Waals surface area contributed by atoms with E-state index in [0.29, 0.717) is 13.0 Å². The highest BCUT2D eigenvalue weighted by atomic mass is 31.2. The highest BCUT2D eigenvalue weighted by Gasteiger charge is 2.25. The summed E-state index contributed by atoms with van der Waals surface area (Å²) >= 11 is 0. The Bertz CT molecular complexity index is 969. The molecule has 2 atom stereocenters. The third-order valence-electron chi connectivity index (χ3n) is 6.31. The SMILES string of the molecule is CC/C=C\C/C=C\C/C=C\C/C=C\CCCOCC(COP(=O)(O)OCCN)OC(=O)CCCCC/C=C\C/C=C\C/C=C\CC. The van der Waals surface area contributed by atoms with Crippen LogP contribution in [0.5, 0.6) is 0 Å². The first kappa shape index (κ1) is 43.7. The smallest absolute Gasteiger partial charge is 0.457 e. The normalized spacial score (nSPS) is 14.8. The summed E-state index contributed by atoms with van der Waals surface area (Å²) in [5, 5.41) is 0. The third-order valence-corrected chi connectivity index (χ3v) is 7.29. The Labute approximate surface area is 279 Å². The van der Waals surface area contributed by atoms with E-state index in [1.165, 1.54) is 0 Å². The molecule has 0 heterocycles. The van der Waals surface area contributed by atoms with Crippen molar-refractivity contribution in [1.82, 2.24) is 0 Å².